The molecule has 0 unspecified atom stereocenters. The molecule has 37 heavy (non-hydrogen) atoms. The quantitative estimate of drug-likeness (QED) is 0.260. The molecule has 0 radical (unpaired) electrons. The molecule has 0 saturated heterocycles. The number of aryl methyl sites for hydroxylation is 1. The number of nitrogens with zero attached hydrogens (tertiary/aromatic N) is 2. The summed E-state index contributed by atoms with van der Waals surface area (Å²) < 4.78 is 0. The highest BCUT2D eigenvalue weighted by atomic mass is 32.2. The molecule has 6 nitrogen and oxygen atoms in total. The van der Waals surface area contributed by atoms with E-state index >= 15 is 0 Å². The van der Waals surface area contributed by atoms with E-state index in [9.17, 15) is 14.9 Å². The van der Waals surface area contributed by atoms with Crippen molar-refractivity contribution in [1.82, 2.24) is 4.98 Å². The maximum Gasteiger partial charge on any atom is 0.225 e. The number of rotatable bonds is 8. The van der Waals surface area contributed by atoms with Gasteiger partial charge in [-0.2, -0.15) is 5.26 Å². The molecule has 3 aromatic carbocycles. The number of thioether (sulfide) groups is 1. The van der Waals surface area contributed by atoms with E-state index in [4.69, 9.17) is 4.98 Å². The second-order valence-corrected chi connectivity index (χ2v) is 9.57. The van der Waals surface area contributed by atoms with E-state index in [1.165, 1.54) is 18.7 Å². The van der Waals surface area contributed by atoms with Crippen molar-refractivity contribution in [3.8, 4) is 28.5 Å². The number of carbonyl (C=O) groups is 2. The third-order valence-electron chi connectivity index (χ3n) is 5.59. The van der Waals surface area contributed by atoms with Crippen molar-refractivity contribution in [2.24, 2.45) is 0 Å². The van der Waals surface area contributed by atoms with Crippen molar-refractivity contribution in [2.45, 2.75) is 25.3 Å². The molecule has 1 heterocycles. The summed E-state index contributed by atoms with van der Waals surface area (Å²) in [4.78, 5) is 28.5. The molecule has 0 aliphatic heterocycles. The minimum atomic E-state index is -0.152. The van der Waals surface area contributed by atoms with E-state index in [2.05, 4.69) is 16.7 Å². The van der Waals surface area contributed by atoms with E-state index in [0.717, 1.165) is 27.9 Å². The molecule has 2 amide bonds. The van der Waals surface area contributed by atoms with E-state index < -0.39 is 0 Å². The maximum absolute atomic E-state index is 12.5. The van der Waals surface area contributed by atoms with E-state index in [0.29, 0.717) is 27.7 Å². The van der Waals surface area contributed by atoms with Crippen LogP contribution in [-0.2, 0) is 9.59 Å². The normalized spacial score (nSPS) is 10.4. The van der Waals surface area contributed by atoms with E-state index in [-0.39, 0.29) is 18.2 Å². The fraction of sp³-hybridized carbons (Fsp3) is 0.133. The first-order valence-corrected chi connectivity index (χ1v) is 12.8. The van der Waals surface area contributed by atoms with Crippen LogP contribution >= 0.6 is 11.8 Å². The summed E-state index contributed by atoms with van der Waals surface area (Å²) in [6, 6.07) is 29.2. The summed E-state index contributed by atoms with van der Waals surface area (Å²) in [5.74, 6) is 0.167. The molecule has 0 bridgehead atoms. The van der Waals surface area contributed by atoms with Crippen molar-refractivity contribution in [3.63, 3.8) is 0 Å². The van der Waals surface area contributed by atoms with Crippen LogP contribution in [0, 0.1) is 18.3 Å². The Hall–Kier alpha value is -4.41. The fourth-order valence-electron chi connectivity index (χ4n) is 3.76. The van der Waals surface area contributed by atoms with Crippen LogP contribution in [0.2, 0.25) is 0 Å². The van der Waals surface area contributed by atoms with Gasteiger partial charge in [0, 0.05) is 41.6 Å². The Morgan fingerprint density at radius 1 is 0.892 bits per heavy atom. The Kier molecular flexibility index (Phi) is 8.34. The van der Waals surface area contributed by atoms with Gasteiger partial charge in [0.2, 0.25) is 11.8 Å². The van der Waals surface area contributed by atoms with Crippen LogP contribution in [-0.4, -0.2) is 22.6 Å². The van der Waals surface area contributed by atoms with Gasteiger partial charge in [0.05, 0.1) is 11.3 Å². The maximum atomic E-state index is 12.5. The van der Waals surface area contributed by atoms with Crippen molar-refractivity contribution >= 4 is 35.0 Å². The summed E-state index contributed by atoms with van der Waals surface area (Å²) >= 11 is 1.40. The summed E-state index contributed by atoms with van der Waals surface area (Å²) in [5.41, 5.74) is 6.47. The molecule has 4 aromatic rings. The molecular formula is C30H26N4O2S. The van der Waals surface area contributed by atoms with Crippen LogP contribution in [0.25, 0.3) is 22.4 Å². The molecule has 0 aliphatic rings. The Labute approximate surface area is 220 Å². The van der Waals surface area contributed by atoms with Gasteiger partial charge in [-0.25, -0.2) is 4.98 Å². The lowest BCUT2D eigenvalue weighted by molar-refractivity contribution is -0.116. The molecular weight excluding hydrogens is 480 g/mol. The zero-order valence-electron chi connectivity index (χ0n) is 20.6. The van der Waals surface area contributed by atoms with Crippen LogP contribution in [0.5, 0.6) is 0 Å². The van der Waals surface area contributed by atoms with Crippen LogP contribution in [0.1, 0.15) is 24.5 Å². The second-order valence-electron chi connectivity index (χ2n) is 8.48. The number of aromatic nitrogens is 1. The predicted molar refractivity (Wildman–Crippen MR) is 149 cm³/mol. The third kappa shape index (κ3) is 6.84. The number of amides is 2. The number of nitriles is 1. The Bertz CT molecular complexity index is 1440. The molecule has 0 fully saturated rings. The number of benzene rings is 3. The second kappa shape index (κ2) is 12.0. The van der Waals surface area contributed by atoms with Gasteiger partial charge in [0.15, 0.2) is 0 Å². The number of hydrogen-bond donors (Lipinski definition) is 2. The summed E-state index contributed by atoms with van der Waals surface area (Å²) in [5, 5.41) is 16.2. The third-order valence-corrected chi connectivity index (χ3v) is 6.56. The van der Waals surface area contributed by atoms with Gasteiger partial charge in [-0.15, -0.1) is 11.8 Å². The number of hydrogen-bond acceptors (Lipinski definition) is 5. The first-order valence-electron chi connectivity index (χ1n) is 11.8. The van der Waals surface area contributed by atoms with Crippen LogP contribution in [0.15, 0.2) is 90.0 Å². The molecule has 4 rings (SSSR count). The van der Waals surface area contributed by atoms with E-state index in [1.807, 2.05) is 67.6 Å². The standard InChI is InChI=1S/C30H26N4O2S/c1-20-8-10-22(11-9-20)26-18-28(23-6-4-3-5-7-23)34-30(27(26)19-31)37-17-16-29(36)33-25-14-12-24(13-15-25)32-21(2)35/h3-15,18H,16-17H2,1-2H3,(H,32,35)(H,33,36). The highest BCUT2D eigenvalue weighted by Gasteiger charge is 2.16. The van der Waals surface area contributed by atoms with Gasteiger partial charge in [0.1, 0.15) is 11.1 Å². The number of pyridine rings is 1. The summed E-state index contributed by atoms with van der Waals surface area (Å²) in [7, 11) is 0. The highest BCUT2D eigenvalue weighted by molar-refractivity contribution is 7.99. The minimum absolute atomic E-state index is 0.142. The topological polar surface area (TPSA) is 94.9 Å². The number of anilines is 2. The first-order chi connectivity index (χ1) is 17.9. The van der Waals surface area contributed by atoms with Gasteiger partial charge in [-0.3, -0.25) is 9.59 Å². The predicted octanol–water partition coefficient (Wildman–Crippen LogP) is 6.68. The van der Waals surface area contributed by atoms with Gasteiger partial charge in [-0.1, -0.05) is 60.2 Å². The highest BCUT2D eigenvalue weighted by Crippen LogP contribution is 2.34. The van der Waals surface area contributed by atoms with Gasteiger partial charge >= 0.3 is 0 Å². The van der Waals surface area contributed by atoms with Gasteiger partial charge in [0.25, 0.3) is 0 Å². The first kappa shape index (κ1) is 25.7. The molecule has 0 aliphatic carbocycles. The molecule has 0 atom stereocenters. The lowest BCUT2D eigenvalue weighted by atomic mass is 9.98. The van der Waals surface area contributed by atoms with Crippen molar-refractivity contribution in [1.29, 1.82) is 5.26 Å². The fourth-order valence-corrected chi connectivity index (χ4v) is 4.70. The van der Waals surface area contributed by atoms with Gasteiger partial charge < -0.3 is 10.6 Å². The van der Waals surface area contributed by atoms with Crippen LogP contribution in [0.4, 0.5) is 11.4 Å². The van der Waals surface area contributed by atoms with Crippen molar-refractivity contribution in [3.05, 3.63) is 96.1 Å². The largest absolute Gasteiger partial charge is 0.326 e. The summed E-state index contributed by atoms with van der Waals surface area (Å²) in [6.07, 6.45) is 0.250. The SMILES string of the molecule is CC(=O)Nc1ccc(NC(=O)CCSc2nc(-c3ccccc3)cc(-c3ccc(C)cc3)c2C#N)cc1. The average molecular weight is 507 g/mol. The molecule has 7 heteroatoms. The lowest BCUT2D eigenvalue weighted by Gasteiger charge is -2.13. The zero-order valence-corrected chi connectivity index (χ0v) is 21.4. The monoisotopic (exact) mass is 506 g/mol. The van der Waals surface area contributed by atoms with E-state index in [1.54, 1.807) is 24.3 Å². The van der Waals surface area contributed by atoms with Crippen LogP contribution in [0.3, 0.4) is 0 Å². The minimum Gasteiger partial charge on any atom is -0.326 e. The van der Waals surface area contributed by atoms with Crippen LogP contribution < -0.4 is 10.6 Å². The molecule has 2 N–H and O–H groups in total. The van der Waals surface area contributed by atoms with Crippen molar-refractivity contribution in [2.75, 3.05) is 16.4 Å². The number of carbonyl (C=O) groups excluding carboxylic acids is 2. The number of nitrogens with one attached hydrogen (secondary N) is 2. The Morgan fingerprint density at radius 3 is 2.16 bits per heavy atom. The average Bonchev–Trinajstić information content (AvgIpc) is 2.90. The smallest absolute Gasteiger partial charge is 0.225 e. The molecule has 0 spiro atoms. The van der Waals surface area contributed by atoms with Gasteiger partial charge in [-0.05, 0) is 42.8 Å². The Balaban J connectivity index is 1.52. The molecule has 184 valence electrons. The lowest BCUT2D eigenvalue weighted by Crippen LogP contribution is -2.12. The summed E-state index contributed by atoms with van der Waals surface area (Å²) in [6.45, 7) is 3.47. The van der Waals surface area contributed by atoms with Crippen molar-refractivity contribution < 1.29 is 9.59 Å². The Morgan fingerprint density at radius 2 is 1.54 bits per heavy atom. The molecule has 1 aromatic heterocycles. The molecule has 0 saturated carbocycles. The zero-order chi connectivity index (χ0) is 26.2.